The molecule has 0 aromatic heterocycles. The van der Waals surface area contributed by atoms with Gasteiger partial charge >= 0.3 is 17.9 Å². The number of hydrogen-bond acceptors (Lipinski definition) is 8. The van der Waals surface area contributed by atoms with Crippen molar-refractivity contribution in [1.29, 1.82) is 0 Å². The van der Waals surface area contributed by atoms with Gasteiger partial charge in [0.15, 0.2) is 0 Å². The van der Waals surface area contributed by atoms with Crippen LogP contribution in [-0.4, -0.2) is 81.0 Å². The Morgan fingerprint density at radius 1 is 0.758 bits per heavy atom. The Balaban J connectivity index is 5.61. The second-order valence-electron chi connectivity index (χ2n) is 7.31. The largest absolute Gasteiger partial charge is 0.481 e. The van der Waals surface area contributed by atoms with E-state index in [1.165, 1.54) is 0 Å². The molecule has 15 heteroatoms. The summed E-state index contributed by atoms with van der Waals surface area (Å²) in [5.74, 6) is -9.15. The van der Waals surface area contributed by atoms with E-state index >= 15 is 0 Å². The van der Waals surface area contributed by atoms with Crippen LogP contribution in [-0.2, 0) is 33.6 Å². The molecule has 0 aromatic rings. The number of carboxylic acid groups (broad SMARTS) is 3. The summed E-state index contributed by atoms with van der Waals surface area (Å²) in [5.41, 5.74) is 10.5. The second-order valence-corrected chi connectivity index (χ2v) is 7.31. The van der Waals surface area contributed by atoms with Crippen molar-refractivity contribution in [3.63, 3.8) is 0 Å². The quantitative estimate of drug-likeness (QED) is 0.116. The summed E-state index contributed by atoms with van der Waals surface area (Å²) < 4.78 is 0. The lowest BCUT2D eigenvalue weighted by atomic mass is 9.97. The van der Waals surface area contributed by atoms with Crippen molar-refractivity contribution < 1.29 is 48.9 Å². The Labute approximate surface area is 188 Å². The van der Waals surface area contributed by atoms with Gasteiger partial charge < -0.3 is 42.7 Å². The number of aliphatic carboxylic acids is 3. The first-order valence-corrected chi connectivity index (χ1v) is 9.80. The lowest BCUT2D eigenvalue weighted by Gasteiger charge is -2.27. The van der Waals surface area contributed by atoms with Crippen molar-refractivity contribution >= 4 is 41.5 Å². The SMILES string of the molecule is CCC(C)C(NC(=O)C(CC(N)=O)NC(=O)C(N)CC(=O)O)C(=O)NC(CC(=O)O)C(=O)O. The molecule has 4 amide bonds. The molecule has 0 rings (SSSR count). The van der Waals surface area contributed by atoms with E-state index in [0.29, 0.717) is 6.42 Å². The Morgan fingerprint density at radius 2 is 1.27 bits per heavy atom. The van der Waals surface area contributed by atoms with E-state index < -0.39 is 90.9 Å². The van der Waals surface area contributed by atoms with Crippen molar-refractivity contribution in [1.82, 2.24) is 16.0 Å². The minimum Gasteiger partial charge on any atom is -0.481 e. The number of primary amides is 1. The highest BCUT2D eigenvalue weighted by Crippen LogP contribution is 2.10. The van der Waals surface area contributed by atoms with Gasteiger partial charge in [-0.15, -0.1) is 0 Å². The summed E-state index contributed by atoms with van der Waals surface area (Å²) in [6.07, 6.45) is -2.05. The Kier molecular flexibility index (Phi) is 12.1. The van der Waals surface area contributed by atoms with Crippen LogP contribution in [0.2, 0.25) is 0 Å². The van der Waals surface area contributed by atoms with Gasteiger partial charge in [-0.25, -0.2) is 4.79 Å². The first-order valence-electron chi connectivity index (χ1n) is 9.80. The molecule has 0 spiro atoms. The monoisotopic (exact) mass is 475 g/mol. The van der Waals surface area contributed by atoms with E-state index in [2.05, 4.69) is 10.6 Å². The standard InChI is InChI=1S/C18H29N5O10/c1-3-7(2)14(17(31)22-10(18(32)33)6-13(27)28)23-16(30)9(5-11(20)24)21-15(29)8(19)4-12(25)26/h7-10,14H,3-6,19H2,1-2H3,(H2,20,24)(H,21,29)(H,22,31)(H,23,30)(H,25,26)(H,27,28)(H,32,33). The summed E-state index contributed by atoms with van der Waals surface area (Å²) in [7, 11) is 0. The van der Waals surface area contributed by atoms with Crippen LogP contribution in [0.4, 0.5) is 0 Å². The van der Waals surface area contributed by atoms with E-state index in [4.69, 9.17) is 26.8 Å². The molecular weight excluding hydrogens is 446 g/mol. The van der Waals surface area contributed by atoms with E-state index in [9.17, 15) is 33.6 Å². The van der Waals surface area contributed by atoms with Crippen LogP contribution in [0.3, 0.4) is 0 Å². The molecule has 0 bridgehead atoms. The molecule has 15 nitrogen and oxygen atoms in total. The van der Waals surface area contributed by atoms with Crippen LogP contribution >= 0.6 is 0 Å². The highest BCUT2D eigenvalue weighted by Gasteiger charge is 2.34. The van der Waals surface area contributed by atoms with E-state index in [1.807, 2.05) is 5.32 Å². The summed E-state index contributed by atoms with van der Waals surface area (Å²) in [4.78, 5) is 81.5. The molecule has 0 heterocycles. The summed E-state index contributed by atoms with van der Waals surface area (Å²) >= 11 is 0. The first-order chi connectivity index (χ1) is 15.2. The van der Waals surface area contributed by atoms with Crippen LogP contribution in [0, 0.1) is 5.92 Å². The highest BCUT2D eigenvalue weighted by molar-refractivity contribution is 5.97. The average molecular weight is 475 g/mol. The van der Waals surface area contributed by atoms with E-state index in [1.54, 1.807) is 13.8 Å². The van der Waals surface area contributed by atoms with Crippen molar-refractivity contribution in [2.45, 2.75) is 63.7 Å². The van der Waals surface area contributed by atoms with Gasteiger partial charge in [-0.05, 0) is 5.92 Å². The number of nitrogens with two attached hydrogens (primary N) is 2. The molecule has 33 heavy (non-hydrogen) atoms. The summed E-state index contributed by atoms with van der Waals surface area (Å²) in [5, 5.41) is 33.1. The maximum atomic E-state index is 12.7. The summed E-state index contributed by atoms with van der Waals surface area (Å²) in [6, 6.07) is -6.28. The smallest absolute Gasteiger partial charge is 0.326 e. The zero-order chi connectivity index (χ0) is 25.9. The topological polar surface area (TPSA) is 268 Å². The number of hydrogen-bond donors (Lipinski definition) is 8. The molecule has 0 fully saturated rings. The third-order valence-electron chi connectivity index (χ3n) is 4.56. The number of rotatable bonds is 15. The lowest BCUT2D eigenvalue weighted by Crippen LogP contribution is -2.59. The van der Waals surface area contributed by atoms with Crippen LogP contribution in [0.5, 0.6) is 0 Å². The summed E-state index contributed by atoms with van der Waals surface area (Å²) in [6.45, 7) is 3.21. The molecule has 0 saturated heterocycles. The highest BCUT2D eigenvalue weighted by atomic mass is 16.4. The van der Waals surface area contributed by atoms with E-state index in [0.717, 1.165) is 0 Å². The molecule has 186 valence electrons. The van der Waals surface area contributed by atoms with Gasteiger partial charge in [0.2, 0.25) is 23.6 Å². The van der Waals surface area contributed by atoms with Crippen molar-refractivity contribution in [3.8, 4) is 0 Å². The van der Waals surface area contributed by atoms with Crippen LogP contribution in [0.25, 0.3) is 0 Å². The fourth-order valence-electron chi connectivity index (χ4n) is 2.56. The third kappa shape index (κ3) is 10.9. The first kappa shape index (κ1) is 29.2. The predicted molar refractivity (Wildman–Crippen MR) is 109 cm³/mol. The minimum atomic E-state index is -1.77. The number of amides is 4. The molecule has 10 N–H and O–H groups in total. The molecular formula is C18H29N5O10. The maximum Gasteiger partial charge on any atom is 0.326 e. The average Bonchev–Trinajstić information content (AvgIpc) is 2.68. The molecule has 0 aliphatic rings. The third-order valence-corrected chi connectivity index (χ3v) is 4.56. The molecule has 0 aromatic carbocycles. The fraction of sp³-hybridized carbons (Fsp3) is 0.611. The van der Waals surface area contributed by atoms with Crippen LogP contribution < -0.4 is 27.4 Å². The van der Waals surface area contributed by atoms with Gasteiger partial charge in [0.25, 0.3) is 0 Å². The van der Waals surface area contributed by atoms with Crippen molar-refractivity contribution in [3.05, 3.63) is 0 Å². The van der Waals surface area contributed by atoms with Crippen molar-refractivity contribution in [2.24, 2.45) is 17.4 Å². The van der Waals surface area contributed by atoms with Crippen LogP contribution in [0.15, 0.2) is 0 Å². The molecule has 5 unspecified atom stereocenters. The number of carboxylic acids is 3. The van der Waals surface area contributed by atoms with Crippen LogP contribution in [0.1, 0.15) is 39.5 Å². The molecule has 0 aliphatic carbocycles. The Hall–Kier alpha value is -3.75. The van der Waals surface area contributed by atoms with Gasteiger partial charge in [-0.3, -0.25) is 28.8 Å². The molecule has 0 radical (unpaired) electrons. The van der Waals surface area contributed by atoms with Gasteiger partial charge in [-0.1, -0.05) is 20.3 Å². The number of nitrogens with one attached hydrogen (secondary N) is 3. The van der Waals surface area contributed by atoms with Gasteiger partial charge in [0, 0.05) is 0 Å². The van der Waals surface area contributed by atoms with E-state index in [-0.39, 0.29) is 0 Å². The second kappa shape index (κ2) is 13.6. The van der Waals surface area contributed by atoms with Gasteiger partial charge in [0.05, 0.1) is 25.3 Å². The lowest BCUT2D eigenvalue weighted by molar-refractivity contribution is -0.147. The zero-order valence-electron chi connectivity index (χ0n) is 18.1. The number of carbonyl (C=O) groups excluding carboxylic acids is 4. The Morgan fingerprint density at radius 3 is 1.70 bits per heavy atom. The predicted octanol–water partition coefficient (Wildman–Crippen LogP) is -3.28. The number of carbonyl (C=O) groups is 7. The zero-order valence-corrected chi connectivity index (χ0v) is 18.1. The Bertz CT molecular complexity index is 787. The van der Waals surface area contributed by atoms with Gasteiger partial charge in [-0.2, -0.15) is 0 Å². The molecule has 0 aliphatic heterocycles. The van der Waals surface area contributed by atoms with Gasteiger partial charge in [0.1, 0.15) is 18.1 Å². The minimum absolute atomic E-state index is 0.325. The van der Waals surface area contributed by atoms with Crippen molar-refractivity contribution in [2.75, 3.05) is 0 Å². The maximum absolute atomic E-state index is 12.7. The molecule has 5 atom stereocenters. The fourth-order valence-corrected chi connectivity index (χ4v) is 2.56. The normalized spacial score (nSPS) is 15.1. The molecule has 0 saturated carbocycles.